The lowest BCUT2D eigenvalue weighted by Gasteiger charge is -2.16. The lowest BCUT2D eigenvalue weighted by Crippen LogP contribution is -2.36. The van der Waals surface area contributed by atoms with Crippen molar-refractivity contribution in [1.29, 1.82) is 0 Å². The van der Waals surface area contributed by atoms with Gasteiger partial charge in [-0.25, -0.2) is 4.98 Å². The van der Waals surface area contributed by atoms with Gasteiger partial charge in [-0.2, -0.15) is 0 Å². The number of carbonyl (C=O) groups is 1. The van der Waals surface area contributed by atoms with Gasteiger partial charge in [-0.15, -0.1) is 0 Å². The number of aryl methyl sites for hydroxylation is 1. The average Bonchev–Trinajstić information content (AvgIpc) is 3.16. The van der Waals surface area contributed by atoms with Crippen molar-refractivity contribution in [2.75, 3.05) is 0 Å². The van der Waals surface area contributed by atoms with E-state index in [0.717, 1.165) is 22.6 Å². The Hall–Kier alpha value is -3.08. The molecule has 0 bridgehead atoms. The molecule has 0 aliphatic heterocycles. The molecule has 5 heteroatoms. The molecule has 1 aromatic heterocycles. The smallest absolute Gasteiger partial charge is 0.261 e. The van der Waals surface area contributed by atoms with Crippen molar-refractivity contribution in [3.05, 3.63) is 78.4 Å². The van der Waals surface area contributed by atoms with Gasteiger partial charge in [-0.05, 0) is 43.2 Å². The minimum atomic E-state index is -0.550. The first kappa shape index (κ1) is 16.8. The number of benzene rings is 2. The summed E-state index contributed by atoms with van der Waals surface area (Å²) in [6.45, 7) is 4.18. The molecule has 1 amide bonds. The van der Waals surface area contributed by atoms with Crippen molar-refractivity contribution >= 4 is 5.91 Å². The van der Waals surface area contributed by atoms with Gasteiger partial charge >= 0.3 is 0 Å². The molecule has 3 rings (SSSR count). The lowest BCUT2D eigenvalue weighted by molar-refractivity contribution is -0.127. The van der Waals surface area contributed by atoms with Crippen LogP contribution in [0.15, 0.2) is 67.3 Å². The van der Waals surface area contributed by atoms with E-state index in [4.69, 9.17) is 4.74 Å². The van der Waals surface area contributed by atoms with Gasteiger partial charge in [0.25, 0.3) is 5.91 Å². The highest BCUT2D eigenvalue weighted by atomic mass is 16.5. The Balaban J connectivity index is 1.54. The van der Waals surface area contributed by atoms with Crippen LogP contribution in [-0.4, -0.2) is 21.6 Å². The highest BCUT2D eigenvalue weighted by Crippen LogP contribution is 2.17. The fourth-order valence-electron chi connectivity index (χ4n) is 2.46. The predicted molar refractivity (Wildman–Crippen MR) is 96.7 cm³/mol. The van der Waals surface area contributed by atoms with Crippen LogP contribution in [0.2, 0.25) is 0 Å². The van der Waals surface area contributed by atoms with Crippen LogP contribution in [0.1, 0.15) is 18.1 Å². The quantitative estimate of drug-likeness (QED) is 0.752. The summed E-state index contributed by atoms with van der Waals surface area (Å²) in [4.78, 5) is 16.3. The summed E-state index contributed by atoms with van der Waals surface area (Å²) in [7, 11) is 0. The Morgan fingerprint density at radius 3 is 2.64 bits per heavy atom. The molecule has 0 aliphatic carbocycles. The molecule has 2 aromatic carbocycles. The average molecular weight is 335 g/mol. The fraction of sp³-hybridized carbons (Fsp3) is 0.200. The molecule has 0 fully saturated rings. The highest BCUT2D eigenvalue weighted by Gasteiger charge is 2.15. The van der Waals surface area contributed by atoms with Gasteiger partial charge in [-0.1, -0.05) is 30.3 Å². The van der Waals surface area contributed by atoms with E-state index in [2.05, 4.69) is 10.3 Å². The van der Waals surface area contributed by atoms with E-state index in [1.807, 2.05) is 66.2 Å². The third-order valence-electron chi connectivity index (χ3n) is 3.97. The molecule has 5 nitrogen and oxygen atoms in total. The van der Waals surface area contributed by atoms with E-state index in [9.17, 15) is 4.79 Å². The SMILES string of the molecule is Cc1ccccc1O[C@H](C)C(=O)NCc1ccc(-n2ccnc2)cc1. The number of nitrogens with zero attached hydrogens (tertiary/aromatic N) is 2. The van der Waals surface area contributed by atoms with Crippen molar-refractivity contribution in [2.45, 2.75) is 26.5 Å². The van der Waals surface area contributed by atoms with Crippen LogP contribution in [0.5, 0.6) is 5.75 Å². The van der Waals surface area contributed by atoms with Crippen LogP contribution in [0.3, 0.4) is 0 Å². The maximum atomic E-state index is 12.2. The minimum Gasteiger partial charge on any atom is -0.481 e. The molecule has 128 valence electrons. The molecule has 0 spiro atoms. The molecule has 1 heterocycles. The second-order valence-electron chi connectivity index (χ2n) is 5.88. The van der Waals surface area contributed by atoms with Gasteiger partial charge in [0.15, 0.2) is 6.10 Å². The topological polar surface area (TPSA) is 56.1 Å². The van der Waals surface area contributed by atoms with E-state index in [0.29, 0.717) is 6.54 Å². The molecule has 0 radical (unpaired) electrons. The summed E-state index contributed by atoms with van der Waals surface area (Å²) in [5, 5.41) is 2.91. The maximum absolute atomic E-state index is 12.2. The second-order valence-corrected chi connectivity index (χ2v) is 5.88. The van der Waals surface area contributed by atoms with Crippen molar-refractivity contribution in [1.82, 2.24) is 14.9 Å². The van der Waals surface area contributed by atoms with Crippen LogP contribution >= 0.6 is 0 Å². The zero-order valence-electron chi connectivity index (χ0n) is 14.3. The molecule has 1 atom stereocenters. The monoisotopic (exact) mass is 335 g/mol. The lowest BCUT2D eigenvalue weighted by atomic mass is 10.2. The minimum absolute atomic E-state index is 0.137. The number of amides is 1. The number of hydrogen-bond donors (Lipinski definition) is 1. The highest BCUT2D eigenvalue weighted by molar-refractivity contribution is 5.80. The van der Waals surface area contributed by atoms with Crippen molar-refractivity contribution in [3.8, 4) is 11.4 Å². The molecule has 0 aliphatic rings. The maximum Gasteiger partial charge on any atom is 0.261 e. The van der Waals surface area contributed by atoms with Gasteiger partial charge in [0.05, 0.1) is 6.33 Å². The Labute approximate surface area is 147 Å². The number of carbonyl (C=O) groups excluding carboxylic acids is 1. The summed E-state index contributed by atoms with van der Waals surface area (Å²) in [5.74, 6) is 0.594. The number of hydrogen-bond acceptors (Lipinski definition) is 3. The summed E-state index contributed by atoms with van der Waals surface area (Å²) < 4.78 is 7.67. The van der Waals surface area contributed by atoms with E-state index in [1.54, 1.807) is 19.4 Å². The fourth-order valence-corrected chi connectivity index (χ4v) is 2.46. The first-order chi connectivity index (χ1) is 12.1. The molecule has 0 saturated heterocycles. The van der Waals surface area contributed by atoms with Gasteiger partial charge < -0.3 is 14.6 Å². The molecular formula is C20H21N3O2. The van der Waals surface area contributed by atoms with Crippen LogP contribution < -0.4 is 10.1 Å². The van der Waals surface area contributed by atoms with Crippen LogP contribution in [0.25, 0.3) is 5.69 Å². The molecule has 0 unspecified atom stereocenters. The summed E-state index contributed by atoms with van der Waals surface area (Å²) in [6.07, 6.45) is 4.83. The van der Waals surface area contributed by atoms with Crippen molar-refractivity contribution < 1.29 is 9.53 Å². The predicted octanol–water partition coefficient (Wildman–Crippen LogP) is 3.26. The third kappa shape index (κ3) is 4.26. The number of rotatable bonds is 6. The number of imidazole rings is 1. The van der Waals surface area contributed by atoms with Crippen LogP contribution in [0.4, 0.5) is 0 Å². The number of nitrogens with one attached hydrogen (secondary N) is 1. The number of ether oxygens (including phenoxy) is 1. The number of aromatic nitrogens is 2. The number of para-hydroxylation sites is 1. The molecular weight excluding hydrogens is 314 g/mol. The Kier molecular flexibility index (Phi) is 5.14. The zero-order chi connectivity index (χ0) is 17.6. The molecule has 3 aromatic rings. The largest absolute Gasteiger partial charge is 0.481 e. The summed E-state index contributed by atoms with van der Waals surface area (Å²) >= 11 is 0. The standard InChI is InChI=1S/C20H21N3O2/c1-15-5-3-4-6-19(15)25-16(2)20(24)22-13-17-7-9-18(10-8-17)23-12-11-21-14-23/h3-12,14,16H,13H2,1-2H3,(H,22,24)/t16-/m1/s1. The van der Waals surface area contributed by atoms with Crippen molar-refractivity contribution in [2.24, 2.45) is 0 Å². The third-order valence-corrected chi connectivity index (χ3v) is 3.97. The second kappa shape index (κ2) is 7.66. The molecule has 0 saturated carbocycles. The molecule has 25 heavy (non-hydrogen) atoms. The Morgan fingerprint density at radius 1 is 1.20 bits per heavy atom. The van der Waals surface area contributed by atoms with Gasteiger partial charge in [0, 0.05) is 24.6 Å². The van der Waals surface area contributed by atoms with Crippen LogP contribution in [-0.2, 0) is 11.3 Å². The molecule has 1 N–H and O–H groups in total. The zero-order valence-corrected chi connectivity index (χ0v) is 14.3. The van der Waals surface area contributed by atoms with E-state index in [1.165, 1.54) is 0 Å². The summed E-state index contributed by atoms with van der Waals surface area (Å²) in [6, 6.07) is 15.6. The van der Waals surface area contributed by atoms with Crippen molar-refractivity contribution in [3.63, 3.8) is 0 Å². The Bertz CT molecular complexity index is 826. The summed E-state index contributed by atoms with van der Waals surface area (Å²) in [5.41, 5.74) is 3.07. The van der Waals surface area contributed by atoms with Gasteiger partial charge in [0.1, 0.15) is 5.75 Å². The first-order valence-corrected chi connectivity index (χ1v) is 8.21. The first-order valence-electron chi connectivity index (χ1n) is 8.21. The van der Waals surface area contributed by atoms with E-state index >= 15 is 0 Å². The Morgan fingerprint density at radius 2 is 1.96 bits per heavy atom. The van der Waals surface area contributed by atoms with Gasteiger partial charge in [-0.3, -0.25) is 4.79 Å². The van der Waals surface area contributed by atoms with E-state index < -0.39 is 6.10 Å². The van der Waals surface area contributed by atoms with Gasteiger partial charge in [0.2, 0.25) is 0 Å². The normalized spacial score (nSPS) is 11.8. The van der Waals surface area contributed by atoms with Crippen LogP contribution in [0, 0.1) is 6.92 Å². The van der Waals surface area contributed by atoms with E-state index in [-0.39, 0.29) is 5.91 Å².